The van der Waals surface area contributed by atoms with E-state index in [9.17, 15) is 19.1 Å². The first-order chi connectivity index (χ1) is 10.1. The number of nitrogens with one attached hydrogen (secondary N) is 1. The third kappa shape index (κ3) is 4.28. The minimum atomic E-state index is -0.881. The van der Waals surface area contributed by atoms with Gasteiger partial charge in [-0.05, 0) is 37.0 Å². The maximum absolute atomic E-state index is 12.8. The molecule has 1 aliphatic carbocycles. The van der Waals surface area contributed by atoms with E-state index in [1.165, 1.54) is 12.1 Å². The second-order valence-electron chi connectivity index (χ2n) is 5.50. The van der Waals surface area contributed by atoms with Gasteiger partial charge in [-0.15, -0.1) is 0 Å². The fourth-order valence-electron chi connectivity index (χ4n) is 2.85. The van der Waals surface area contributed by atoms with E-state index in [0.717, 1.165) is 18.4 Å². The molecule has 0 aliphatic heterocycles. The predicted octanol–water partition coefficient (Wildman–Crippen LogP) is 2.38. The highest BCUT2D eigenvalue weighted by molar-refractivity contribution is 5.84. The second-order valence-corrected chi connectivity index (χ2v) is 5.50. The number of aliphatic carboxylic acids is 1. The normalized spacial score (nSPS) is 21.8. The molecule has 0 radical (unpaired) electrons. The molecule has 0 bridgehead atoms. The van der Waals surface area contributed by atoms with Gasteiger partial charge in [-0.1, -0.05) is 25.0 Å². The zero-order chi connectivity index (χ0) is 15.2. The van der Waals surface area contributed by atoms with Gasteiger partial charge in [0.2, 0.25) is 5.91 Å². The van der Waals surface area contributed by atoms with Crippen LogP contribution in [0.5, 0.6) is 0 Å². The van der Waals surface area contributed by atoms with Gasteiger partial charge in [0.15, 0.2) is 0 Å². The number of benzene rings is 1. The van der Waals surface area contributed by atoms with Gasteiger partial charge < -0.3 is 10.4 Å². The SMILES string of the molecule is O=C(O)[C@H]1CCCC[C@H]1C(=O)NCCc1ccc(F)cc1. The lowest BCUT2D eigenvalue weighted by Crippen LogP contribution is -2.40. The fraction of sp³-hybridized carbons (Fsp3) is 0.500. The van der Waals surface area contributed by atoms with Gasteiger partial charge in [-0.2, -0.15) is 0 Å². The van der Waals surface area contributed by atoms with Crippen molar-refractivity contribution in [2.45, 2.75) is 32.1 Å². The minimum Gasteiger partial charge on any atom is -0.481 e. The van der Waals surface area contributed by atoms with Crippen LogP contribution in [0.2, 0.25) is 0 Å². The number of hydrogen-bond donors (Lipinski definition) is 2. The summed E-state index contributed by atoms with van der Waals surface area (Å²) in [5.74, 6) is -2.33. The Bertz CT molecular complexity index is 501. The molecule has 2 atom stereocenters. The van der Waals surface area contributed by atoms with E-state index in [-0.39, 0.29) is 11.7 Å². The standard InChI is InChI=1S/C16H20FNO3/c17-12-7-5-11(6-8-12)9-10-18-15(19)13-3-1-2-4-14(13)16(20)21/h5-8,13-14H,1-4,9-10H2,(H,18,19)(H,20,21)/t13-,14+/m1/s1. The van der Waals surface area contributed by atoms with E-state index in [4.69, 9.17) is 0 Å². The summed E-state index contributed by atoms with van der Waals surface area (Å²) in [4.78, 5) is 23.3. The smallest absolute Gasteiger partial charge is 0.307 e. The Morgan fingerprint density at radius 3 is 2.38 bits per heavy atom. The summed E-state index contributed by atoms with van der Waals surface area (Å²) in [6.45, 7) is 0.438. The predicted molar refractivity (Wildman–Crippen MR) is 76.2 cm³/mol. The average molecular weight is 293 g/mol. The maximum atomic E-state index is 12.8. The maximum Gasteiger partial charge on any atom is 0.307 e. The monoisotopic (exact) mass is 293 g/mol. The molecule has 1 fully saturated rings. The minimum absolute atomic E-state index is 0.177. The summed E-state index contributed by atoms with van der Waals surface area (Å²) in [6, 6.07) is 6.14. The van der Waals surface area contributed by atoms with Crippen LogP contribution >= 0.6 is 0 Å². The number of amides is 1. The van der Waals surface area contributed by atoms with E-state index in [0.29, 0.717) is 25.8 Å². The number of rotatable bonds is 5. The lowest BCUT2D eigenvalue weighted by atomic mass is 9.78. The van der Waals surface area contributed by atoms with Crippen molar-refractivity contribution in [1.29, 1.82) is 0 Å². The lowest BCUT2D eigenvalue weighted by molar-refractivity contribution is -0.148. The van der Waals surface area contributed by atoms with Crippen LogP contribution in [-0.2, 0) is 16.0 Å². The van der Waals surface area contributed by atoms with Crippen molar-refractivity contribution < 1.29 is 19.1 Å². The molecule has 1 aromatic carbocycles. The Labute approximate surface area is 123 Å². The molecule has 5 heteroatoms. The van der Waals surface area contributed by atoms with Crippen LogP contribution in [-0.4, -0.2) is 23.5 Å². The molecule has 2 rings (SSSR count). The summed E-state index contributed by atoms with van der Waals surface area (Å²) in [7, 11) is 0. The van der Waals surface area contributed by atoms with Crippen molar-refractivity contribution in [2.24, 2.45) is 11.8 Å². The molecule has 0 spiro atoms. The van der Waals surface area contributed by atoms with Crippen LogP contribution in [0.25, 0.3) is 0 Å². The second kappa shape index (κ2) is 7.20. The fourth-order valence-corrected chi connectivity index (χ4v) is 2.85. The van der Waals surface area contributed by atoms with Crippen LogP contribution in [0.4, 0.5) is 4.39 Å². The number of hydrogen-bond acceptors (Lipinski definition) is 2. The van der Waals surface area contributed by atoms with E-state index >= 15 is 0 Å². The highest BCUT2D eigenvalue weighted by Crippen LogP contribution is 2.30. The van der Waals surface area contributed by atoms with E-state index in [2.05, 4.69) is 5.32 Å². The molecule has 1 aromatic rings. The molecule has 0 saturated heterocycles. The molecular formula is C16H20FNO3. The third-order valence-electron chi connectivity index (χ3n) is 4.05. The summed E-state index contributed by atoms with van der Waals surface area (Å²) in [6.07, 6.45) is 3.59. The first kappa shape index (κ1) is 15.5. The quantitative estimate of drug-likeness (QED) is 0.876. The van der Waals surface area contributed by atoms with Crippen molar-refractivity contribution in [3.63, 3.8) is 0 Å². The average Bonchev–Trinajstić information content (AvgIpc) is 2.49. The molecule has 0 heterocycles. The van der Waals surface area contributed by atoms with E-state index < -0.39 is 17.8 Å². The van der Waals surface area contributed by atoms with Crippen LogP contribution in [0.1, 0.15) is 31.2 Å². The lowest BCUT2D eigenvalue weighted by Gasteiger charge is -2.27. The van der Waals surface area contributed by atoms with Gasteiger partial charge in [0, 0.05) is 6.54 Å². The number of carbonyl (C=O) groups is 2. The van der Waals surface area contributed by atoms with Gasteiger partial charge in [-0.25, -0.2) is 4.39 Å². The first-order valence-electron chi connectivity index (χ1n) is 7.33. The topological polar surface area (TPSA) is 66.4 Å². The Balaban J connectivity index is 1.83. The van der Waals surface area contributed by atoms with Crippen LogP contribution < -0.4 is 5.32 Å². The number of carbonyl (C=O) groups excluding carboxylic acids is 1. The van der Waals surface area contributed by atoms with Crippen molar-refractivity contribution in [2.75, 3.05) is 6.54 Å². The summed E-state index contributed by atoms with van der Waals surface area (Å²) >= 11 is 0. The molecule has 0 aromatic heterocycles. The molecule has 0 unspecified atom stereocenters. The number of carboxylic acid groups (broad SMARTS) is 1. The van der Waals surface area contributed by atoms with Gasteiger partial charge in [0.05, 0.1) is 11.8 Å². The summed E-state index contributed by atoms with van der Waals surface area (Å²) < 4.78 is 12.8. The molecule has 1 amide bonds. The van der Waals surface area contributed by atoms with E-state index in [1.807, 2.05) is 0 Å². The zero-order valence-electron chi connectivity index (χ0n) is 11.8. The van der Waals surface area contributed by atoms with Crippen molar-refractivity contribution in [1.82, 2.24) is 5.32 Å². The number of carboxylic acids is 1. The van der Waals surface area contributed by atoms with Gasteiger partial charge in [0.25, 0.3) is 0 Å². The molecule has 4 nitrogen and oxygen atoms in total. The highest BCUT2D eigenvalue weighted by atomic mass is 19.1. The Morgan fingerprint density at radius 1 is 1.14 bits per heavy atom. The van der Waals surface area contributed by atoms with Crippen LogP contribution in [0.15, 0.2) is 24.3 Å². The molecule has 1 saturated carbocycles. The molecule has 114 valence electrons. The van der Waals surface area contributed by atoms with Crippen molar-refractivity contribution in [3.8, 4) is 0 Å². The van der Waals surface area contributed by atoms with Crippen LogP contribution in [0, 0.1) is 17.7 Å². The molecule has 2 N–H and O–H groups in total. The zero-order valence-corrected chi connectivity index (χ0v) is 11.8. The Kier molecular flexibility index (Phi) is 5.31. The van der Waals surface area contributed by atoms with Crippen molar-refractivity contribution >= 4 is 11.9 Å². The van der Waals surface area contributed by atoms with Gasteiger partial charge in [0.1, 0.15) is 5.82 Å². The summed E-state index contributed by atoms with van der Waals surface area (Å²) in [5, 5.41) is 12.0. The van der Waals surface area contributed by atoms with Gasteiger partial charge >= 0.3 is 5.97 Å². The molecule has 21 heavy (non-hydrogen) atoms. The molecule has 1 aliphatic rings. The Hall–Kier alpha value is -1.91. The highest BCUT2D eigenvalue weighted by Gasteiger charge is 2.35. The Morgan fingerprint density at radius 2 is 1.76 bits per heavy atom. The van der Waals surface area contributed by atoms with Crippen molar-refractivity contribution in [3.05, 3.63) is 35.6 Å². The molecular weight excluding hydrogens is 273 g/mol. The largest absolute Gasteiger partial charge is 0.481 e. The first-order valence-corrected chi connectivity index (χ1v) is 7.33. The van der Waals surface area contributed by atoms with E-state index in [1.54, 1.807) is 12.1 Å². The third-order valence-corrected chi connectivity index (χ3v) is 4.05. The number of halogens is 1. The summed E-state index contributed by atoms with van der Waals surface area (Å²) in [5.41, 5.74) is 0.940. The van der Waals surface area contributed by atoms with Gasteiger partial charge in [-0.3, -0.25) is 9.59 Å². The van der Waals surface area contributed by atoms with Crippen LogP contribution in [0.3, 0.4) is 0 Å².